The highest BCUT2D eigenvalue weighted by molar-refractivity contribution is 6.53. The Morgan fingerprint density at radius 1 is 1.50 bits per heavy atom. The molecule has 1 aromatic carbocycles. The van der Waals surface area contributed by atoms with Crippen LogP contribution in [0.25, 0.3) is 0 Å². The number of morpholine rings is 1. The lowest BCUT2D eigenvalue weighted by Crippen LogP contribution is -2.47. The van der Waals surface area contributed by atoms with Crippen LogP contribution in [-0.4, -0.2) is 47.5 Å². The second-order valence-corrected chi connectivity index (χ2v) is 9.14. The summed E-state index contributed by atoms with van der Waals surface area (Å²) in [6.45, 7) is 5.70. The van der Waals surface area contributed by atoms with Crippen LogP contribution in [0.1, 0.15) is 31.9 Å². The van der Waals surface area contributed by atoms with Crippen molar-refractivity contribution in [2.45, 2.75) is 36.7 Å². The molecule has 1 heterocycles. The van der Waals surface area contributed by atoms with E-state index in [9.17, 15) is 9.18 Å². The molecule has 1 saturated carbocycles. The van der Waals surface area contributed by atoms with Crippen molar-refractivity contribution < 1.29 is 13.9 Å². The molecule has 3 atom stereocenters. The highest BCUT2D eigenvalue weighted by Gasteiger charge is 2.67. The monoisotopic (exact) mass is 422 g/mol. The summed E-state index contributed by atoms with van der Waals surface area (Å²) in [6, 6.07) is 4.20. The van der Waals surface area contributed by atoms with Crippen LogP contribution in [0, 0.1) is 11.2 Å². The summed E-state index contributed by atoms with van der Waals surface area (Å²) >= 11 is 18.5. The molecule has 1 aliphatic heterocycles. The number of hydrogen-bond acceptors (Lipinski definition) is 3. The van der Waals surface area contributed by atoms with Crippen molar-refractivity contribution in [1.82, 2.24) is 10.2 Å². The van der Waals surface area contributed by atoms with E-state index in [1.807, 2.05) is 6.92 Å². The highest BCUT2D eigenvalue weighted by atomic mass is 35.5. The van der Waals surface area contributed by atoms with E-state index in [1.165, 1.54) is 6.07 Å². The van der Waals surface area contributed by atoms with Crippen LogP contribution in [-0.2, 0) is 9.53 Å². The van der Waals surface area contributed by atoms with E-state index >= 15 is 0 Å². The molecule has 1 N–H and O–H groups in total. The van der Waals surface area contributed by atoms with Gasteiger partial charge in [-0.2, -0.15) is 0 Å². The average Bonchev–Trinajstić information content (AvgIpc) is 3.09. The number of hydrogen-bond donors (Lipinski definition) is 1. The maximum atomic E-state index is 14.5. The topological polar surface area (TPSA) is 41.6 Å². The summed E-state index contributed by atoms with van der Waals surface area (Å²) in [4.78, 5) is 14.6. The third kappa shape index (κ3) is 3.83. The molecule has 0 unspecified atom stereocenters. The van der Waals surface area contributed by atoms with Gasteiger partial charge in [0, 0.05) is 30.2 Å². The zero-order valence-electron chi connectivity index (χ0n) is 14.7. The molecular weight excluding hydrogens is 402 g/mol. The summed E-state index contributed by atoms with van der Waals surface area (Å²) < 4.78 is 19.1. The van der Waals surface area contributed by atoms with Crippen molar-refractivity contribution in [3.8, 4) is 0 Å². The highest BCUT2D eigenvalue weighted by Crippen LogP contribution is 2.63. The lowest BCUT2D eigenvalue weighted by molar-refractivity contribution is -0.126. The Kier molecular flexibility index (Phi) is 5.76. The largest absolute Gasteiger partial charge is 0.376 e. The van der Waals surface area contributed by atoms with E-state index in [2.05, 4.69) is 10.2 Å². The summed E-state index contributed by atoms with van der Waals surface area (Å²) in [5, 5.41) is 3.23. The van der Waals surface area contributed by atoms with Crippen molar-refractivity contribution >= 4 is 40.7 Å². The predicted octanol–water partition coefficient (Wildman–Crippen LogP) is 3.94. The zero-order valence-corrected chi connectivity index (χ0v) is 17.0. The van der Waals surface area contributed by atoms with Crippen LogP contribution in [0.4, 0.5) is 4.39 Å². The maximum absolute atomic E-state index is 14.5. The first kappa shape index (κ1) is 20.2. The van der Waals surface area contributed by atoms with Gasteiger partial charge in [0.2, 0.25) is 5.91 Å². The second kappa shape index (κ2) is 7.44. The van der Waals surface area contributed by atoms with Crippen molar-refractivity contribution in [2.24, 2.45) is 5.41 Å². The van der Waals surface area contributed by atoms with Crippen molar-refractivity contribution in [3.63, 3.8) is 0 Å². The smallest absolute Gasteiger partial charge is 0.229 e. The average molecular weight is 424 g/mol. The van der Waals surface area contributed by atoms with Crippen LogP contribution in [0.3, 0.4) is 0 Å². The zero-order chi connectivity index (χ0) is 19.1. The minimum atomic E-state index is -1.05. The minimum Gasteiger partial charge on any atom is -0.376 e. The fourth-order valence-electron chi connectivity index (χ4n) is 3.40. The number of benzene rings is 1. The number of nitrogens with zero attached hydrogens (tertiary/aromatic N) is 1. The Morgan fingerprint density at radius 2 is 2.19 bits per heavy atom. The molecule has 26 heavy (non-hydrogen) atoms. The van der Waals surface area contributed by atoms with Crippen LogP contribution >= 0.6 is 34.8 Å². The molecule has 0 bridgehead atoms. The number of rotatable bonds is 5. The van der Waals surface area contributed by atoms with Crippen LogP contribution in [0.5, 0.6) is 0 Å². The SMILES string of the molecule is C[C@@H]1CN([C@@H](CNC(=O)[C@@]2(C)CC2(Cl)Cl)c2c(F)cccc2Cl)CCO1. The number of carbonyl (C=O) groups is 1. The first-order valence-corrected chi connectivity index (χ1v) is 9.75. The Labute approximate surface area is 167 Å². The molecule has 0 spiro atoms. The van der Waals surface area contributed by atoms with E-state index in [0.29, 0.717) is 36.7 Å². The Morgan fingerprint density at radius 3 is 2.77 bits per heavy atom. The number of nitrogens with one attached hydrogen (secondary N) is 1. The molecule has 144 valence electrons. The van der Waals surface area contributed by atoms with Crippen molar-refractivity contribution in [3.05, 3.63) is 34.6 Å². The Hall–Kier alpha value is -0.590. The van der Waals surface area contributed by atoms with Gasteiger partial charge in [-0.05, 0) is 32.4 Å². The molecule has 3 rings (SSSR count). The molecule has 1 aromatic rings. The number of carbonyl (C=O) groups excluding carboxylic acids is 1. The lowest BCUT2D eigenvalue weighted by atomic mass is 10.0. The van der Waals surface area contributed by atoms with Gasteiger partial charge in [0.15, 0.2) is 0 Å². The molecule has 1 saturated heterocycles. The maximum Gasteiger partial charge on any atom is 0.229 e. The van der Waals surface area contributed by atoms with Gasteiger partial charge in [-0.3, -0.25) is 9.69 Å². The normalized spacial score (nSPS) is 29.2. The number of alkyl halides is 2. The molecule has 2 fully saturated rings. The van der Waals surface area contributed by atoms with E-state index in [-0.39, 0.29) is 18.6 Å². The standard InChI is InChI=1S/C18H22Cl3FN2O2/c1-11-9-24(6-7-26-11)14(15-12(19)4-3-5-13(15)22)8-23-16(25)17(2)10-18(17,20)21/h3-5,11,14H,6-10H2,1-2H3,(H,23,25)/t11-,14+,17-/m1/s1. The van der Waals surface area contributed by atoms with E-state index < -0.39 is 21.6 Å². The van der Waals surface area contributed by atoms with Crippen molar-refractivity contribution in [2.75, 3.05) is 26.2 Å². The fourth-order valence-corrected chi connectivity index (χ4v) is 4.40. The van der Waals surface area contributed by atoms with E-state index in [0.717, 1.165) is 0 Å². The summed E-state index contributed by atoms with van der Waals surface area (Å²) in [6.07, 6.45) is 0.418. The van der Waals surface area contributed by atoms with Gasteiger partial charge < -0.3 is 10.1 Å². The molecule has 1 amide bonds. The van der Waals surface area contributed by atoms with Gasteiger partial charge >= 0.3 is 0 Å². The van der Waals surface area contributed by atoms with Gasteiger partial charge in [-0.15, -0.1) is 23.2 Å². The molecule has 8 heteroatoms. The molecule has 0 aromatic heterocycles. The minimum absolute atomic E-state index is 0.0202. The van der Waals surface area contributed by atoms with Crippen LogP contribution in [0.15, 0.2) is 18.2 Å². The summed E-state index contributed by atoms with van der Waals surface area (Å²) in [7, 11) is 0. The molecular formula is C18H22Cl3FN2O2. The van der Waals surface area contributed by atoms with Gasteiger partial charge in [-0.1, -0.05) is 17.7 Å². The molecule has 1 aliphatic carbocycles. The lowest BCUT2D eigenvalue weighted by Gasteiger charge is -2.38. The Bertz CT molecular complexity index is 683. The van der Waals surface area contributed by atoms with Crippen molar-refractivity contribution in [1.29, 1.82) is 0 Å². The number of amides is 1. The van der Waals surface area contributed by atoms with Gasteiger partial charge in [-0.25, -0.2) is 4.39 Å². The molecule has 4 nitrogen and oxygen atoms in total. The predicted molar refractivity (Wildman–Crippen MR) is 101 cm³/mol. The second-order valence-electron chi connectivity index (χ2n) is 7.25. The molecule has 0 radical (unpaired) electrons. The third-order valence-electron chi connectivity index (χ3n) is 5.26. The van der Waals surface area contributed by atoms with Gasteiger partial charge in [0.1, 0.15) is 10.2 Å². The van der Waals surface area contributed by atoms with Gasteiger partial charge in [0.25, 0.3) is 0 Å². The summed E-state index contributed by atoms with van der Waals surface area (Å²) in [5.74, 6) is -0.626. The van der Waals surface area contributed by atoms with Crippen LogP contribution in [0.2, 0.25) is 5.02 Å². The molecule has 2 aliphatic rings. The fraction of sp³-hybridized carbons (Fsp3) is 0.611. The first-order chi connectivity index (χ1) is 12.2. The summed E-state index contributed by atoms with van der Waals surface area (Å²) in [5.41, 5.74) is -0.439. The third-order valence-corrected chi connectivity index (χ3v) is 6.69. The van der Waals surface area contributed by atoms with Gasteiger partial charge in [0.05, 0.1) is 24.2 Å². The quantitative estimate of drug-likeness (QED) is 0.729. The Balaban J connectivity index is 1.81. The van der Waals surface area contributed by atoms with E-state index in [1.54, 1.807) is 19.1 Å². The number of ether oxygens (including phenoxy) is 1. The van der Waals surface area contributed by atoms with Crippen LogP contribution < -0.4 is 5.32 Å². The van der Waals surface area contributed by atoms with E-state index in [4.69, 9.17) is 39.5 Å². The number of halogens is 4. The first-order valence-electron chi connectivity index (χ1n) is 8.61.